The first kappa shape index (κ1) is 12.7. The largest absolute Gasteiger partial charge is 0.366 e. The third kappa shape index (κ3) is 2.52. The molecule has 1 fully saturated rings. The predicted octanol–water partition coefficient (Wildman–Crippen LogP) is -0.924. The van der Waals surface area contributed by atoms with Crippen LogP contribution in [0, 0.1) is 0 Å². The summed E-state index contributed by atoms with van der Waals surface area (Å²) in [4.78, 5) is 14.0. The summed E-state index contributed by atoms with van der Waals surface area (Å²) in [6, 6.07) is 1.79. The molecular weight excluding hydrogens is 262 g/mol. The third-order valence-electron chi connectivity index (χ3n) is 3.26. The Labute approximate surface area is 114 Å². The van der Waals surface area contributed by atoms with Crippen LogP contribution < -0.4 is 0 Å². The maximum atomic E-state index is 12.2. The predicted molar refractivity (Wildman–Crippen MR) is 66.4 cm³/mol. The van der Waals surface area contributed by atoms with Crippen LogP contribution in [0.5, 0.6) is 0 Å². The Morgan fingerprint density at radius 1 is 1.60 bits per heavy atom. The van der Waals surface area contributed by atoms with Gasteiger partial charge in [-0.3, -0.25) is 9.89 Å². The number of hydrogen-bond acceptors (Lipinski definition) is 6. The molecule has 1 amide bonds. The first-order valence-corrected chi connectivity index (χ1v) is 6.34. The van der Waals surface area contributed by atoms with Gasteiger partial charge in [0.25, 0.3) is 0 Å². The van der Waals surface area contributed by atoms with Crippen LogP contribution in [-0.2, 0) is 23.0 Å². The summed E-state index contributed by atoms with van der Waals surface area (Å²) < 4.78 is 7.20. The fourth-order valence-electron chi connectivity index (χ4n) is 2.20. The van der Waals surface area contributed by atoms with E-state index in [1.807, 2.05) is 0 Å². The van der Waals surface area contributed by atoms with E-state index in [0.29, 0.717) is 31.9 Å². The van der Waals surface area contributed by atoms with Gasteiger partial charge in [-0.15, -0.1) is 5.10 Å². The monoisotopic (exact) mass is 277 g/mol. The van der Waals surface area contributed by atoms with Crippen molar-refractivity contribution >= 4 is 5.91 Å². The number of rotatable bonds is 3. The van der Waals surface area contributed by atoms with Gasteiger partial charge in [-0.05, 0) is 16.5 Å². The van der Waals surface area contributed by atoms with Crippen molar-refractivity contribution in [2.24, 2.45) is 7.05 Å². The number of tetrazole rings is 1. The maximum Gasteiger partial charge on any atom is 0.228 e. The van der Waals surface area contributed by atoms with Crippen LogP contribution in [0.15, 0.2) is 12.3 Å². The third-order valence-corrected chi connectivity index (χ3v) is 3.26. The van der Waals surface area contributed by atoms with Gasteiger partial charge >= 0.3 is 0 Å². The maximum absolute atomic E-state index is 12.2. The molecule has 0 aliphatic carbocycles. The van der Waals surface area contributed by atoms with Gasteiger partial charge in [0.1, 0.15) is 6.10 Å². The number of aromatic nitrogens is 6. The number of nitrogens with zero attached hydrogens (tertiary/aromatic N) is 6. The molecule has 1 aliphatic heterocycles. The van der Waals surface area contributed by atoms with Crippen LogP contribution in [-0.4, -0.2) is 60.9 Å². The molecule has 20 heavy (non-hydrogen) atoms. The van der Waals surface area contributed by atoms with Crippen molar-refractivity contribution in [1.29, 1.82) is 0 Å². The average molecular weight is 277 g/mol. The first-order valence-electron chi connectivity index (χ1n) is 6.34. The second-order valence-electron chi connectivity index (χ2n) is 4.62. The van der Waals surface area contributed by atoms with Crippen LogP contribution in [0.3, 0.4) is 0 Å². The number of carbonyl (C=O) groups is 1. The number of aryl methyl sites for hydroxylation is 1. The molecular formula is C11H15N7O2. The zero-order valence-electron chi connectivity index (χ0n) is 11.1. The van der Waals surface area contributed by atoms with E-state index in [1.165, 1.54) is 0 Å². The van der Waals surface area contributed by atoms with Gasteiger partial charge in [-0.1, -0.05) is 0 Å². The quantitative estimate of drug-likeness (QED) is 0.778. The molecule has 0 aromatic carbocycles. The van der Waals surface area contributed by atoms with E-state index >= 15 is 0 Å². The number of nitrogens with one attached hydrogen (secondary N) is 1. The van der Waals surface area contributed by atoms with Crippen molar-refractivity contribution in [2.45, 2.75) is 12.5 Å². The lowest BCUT2D eigenvalue weighted by Gasteiger charge is -2.32. The Morgan fingerprint density at radius 3 is 3.20 bits per heavy atom. The topological polar surface area (TPSA) is 102 Å². The summed E-state index contributed by atoms with van der Waals surface area (Å²) in [7, 11) is 1.75. The standard InChI is InChI=1S/C11H15N7O2/c1-17-11(14-15-16-17)9-7-18(4-5-20-9)10(19)6-8-2-3-12-13-8/h2-3,9H,4-7H2,1H3,(H,12,13). The van der Waals surface area contributed by atoms with Gasteiger partial charge in [-0.25, -0.2) is 4.68 Å². The summed E-state index contributed by atoms with van der Waals surface area (Å²) >= 11 is 0. The highest BCUT2D eigenvalue weighted by Crippen LogP contribution is 2.19. The van der Waals surface area contributed by atoms with E-state index < -0.39 is 0 Å². The van der Waals surface area contributed by atoms with Crippen molar-refractivity contribution in [3.05, 3.63) is 23.8 Å². The van der Waals surface area contributed by atoms with Gasteiger partial charge in [0.2, 0.25) is 5.91 Å². The van der Waals surface area contributed by atoms with E-state index in [9.17, 15) is 4.79 Å². The van der Waals surface area contributed by atoms with E-state index in [-0.39, 0.29) is 12.0 Å². The highest BCUT2D eigenvalue weighted by atomic mass is 16.5. The molecule has 0 radical (unpaired) electrons. The van der Waals surface area contributed by atoms with Gasteiger partial charge in [0.05, 0.1) is 19.6 Å². The number of amides is 1. The average Bonchev–Trinajstić information content (AvgIpc) is 3.10. The lowest BCUT2D eigenvalue weighted by Crippen LogP contribution is -2.43. The summed E-state index contributed by atoms with van der Waals surface area (Å²) in [5.41, 5.74) is 0.804. The fourth-order valence-corrected chi connectivity index (χ4v) is 2.20. The number of morpholine rings is 1. The van der Waals surface area contributed by atoms with Crippen molar-refractivity contribution in [3.63, 3.8) is 0 Å². The van der Waals surface area contributed by atoms with Crippen LogP contribution in [0.4, 0.5) is 0 Å². The second kappa shape index (κ2) is 5.37. The zero-order chi connectivity index (χ0) is 13.9. The van der Waals surface area contributed by atoms with Crippen LogP contribution in [0.2, 0.25) is 0 Å². The zero-order valence-corrected chi connectivity index (χ0v) is 11.1. The van der Waals surface area contributed by atoms with E-state index in [2.05, 4.69) is 25.7 Å². The summed E-state index contributed by atoms with van der Waals surface area (Å²) in [5.74, 6) is 0.668. The molecule has 1 aliphatic rings. The van der Waals surface area contributed by atoms with Crippen molar-refractivity contribution in [3.8, 4) is 0 Å². The molecule has 0 spiro atoms. The fraction of sp³-hybridized carbons (Fsp3) is 0.545. The summed E-state index contributed by atoms with van der Waals surface area (Å²) in [6.07, 6.45) is 1.66. The Bertz CT molecular complexity index is 579. The minimum atomic E-state index is -0.283. The van der Waals surface area contributed by atoms with Crippen LogP contribution in [0.1, 0.15) is 17.6 Å². The summed E-state index contributed by atoms with van der Waals surface area (Å²) in [6.45, 7) is 1.52. The Morgan fingerprint density at radius 2 is 2.50 bits per heavy atom. The Kier molecular flexibility index (Phi) is 3.42. The Hall–Kier alpha value is -2.29. The number of aromatic amines is 1. The lowest BCUT2D eigenvalue weighted by atomic mass is 10.2. The van der Waals surface area contributed by atoms with Crippen LogP contribution in [0.25, 0.3) is 0 Å². The molecule has 1 N–H and O–H groups in total. The molecule has 3 heterocycles. The van der Waals surface area contributed by atoms with Gasteiger partial charge in [-0.2, -0.15) is 5.10 Å². The van der Waals surface area contributed by atoms with Crippen molar-refractivity contribution in [1.82, 2.24) is 35.3 Å². The second-order valence-corrected chi connectivity index (χ2v) is 4.62. The first-order chi connectivity index (χ1) is 9.74. The molecule has 0 saturated carbocycles. The van der Waals surface area contributed by atoms with E-state index in [0.717, 1.165) is 5.69 Å². The van der Waals surface area contributed by atoms with Gasteiger partial charge in [0.15, 0.2) is 5.82 Å². The molecule has 0 bridgehead atoms. The number of H-pyrrole nitrogens is 1. The smallest absolute Gasteiger partial charge is 0.228 e. The minimum Gasteiger partial charge on any atom is -0.366 e. The van der Waals surface area contributed by atoms with Crippen molar-refractivity contribution < 1.29 is 9.53 Å². The molecule has 9 heteroatoms. The highest BCUT2D eigenvalue weighted by molar-refractivity contribution is 5.78. The molecule has 2 aromatic rings. The lowest BCUT2D eigenvalue weighted by molar-refractivity contribution is -0.138. The normalized spacial score (nSPS) is 19.2. The molecule has 9 nitrogen and oxygen atoms in total. The SMILES string of the molecule is Cn1nnnc1C1CN(C(=O)Cc2ccn[nH]2)CCO1. The van der Waals surface area contributed by atoms with Gasteiger partial charge < -0.3 is 9.64 Å². The molecule has 1 unspecified atom stereocenters. The van der Waals surface area contributed by atoms with Crippen LogP contribution >= 0.6 is 0 Å². The minimum absolute atomic E-state index is 0.0395. The summed E-state index contributed by atoms with van der Waals surface area (Å²) in [5, 5.41) is 17.9. The van der Waals surface area contributed by atoms with Crippen molar-refractivity contribution in [2.75, 3.05) is 19.7 Å². The Balaban J connectivity index is 1.66. The van der Waals surface area contributed by atoms with Gasteiger partial charge in [0, 0.05) is 25.5 Å². The molecule has 2 aromatic heterocycles. The molecule has 1 saturated heterocycles. The highest BCUT2D eigenvalue weighted by Gasteiger charge is 2.28. The van der Waals surface area contributed by atoms with E-state index in [1.54, 1.807) is 28.9 Å². The van der Waals surface area contributed by atoms with E-state index in [4.69, 9.17) is 4.74 Å². The number of hydrogen-bond donors (Lipinski definition) is 1. The molecule has 1 atom stereocenters. The molecule has 106 valence electrons. The number of carbonyl (C=O) groups excluding carboxylic acids is 1. The number of ether oxygens (including phenoxy) is 1. The molecule has 3 rings (SSSR count).